The molecule has 2 rings (SSSR count). The van der Waals surface area contributed by atoms with Gasteiger partial charge in [-0.15, -0.1) is 0 Å². The Balaban J connectivity index is 2.04. The molecule has 0 amide bonds. The zero-order valence-electron chi connectivity index (χ0n) is 12.0. The van der Waals surface area contributed by atoms with E-state index in [0.29, 0.717) is 31.7 Å². The Bertz CT molecular complexity index is 574. The van der Waals surface area contributed by atoms with Crippen molar-refractivity contribution in [3.63, 3.8) is 0 Å². The van der Waals surface area contributed by atoms with Crippen molar-refractivity contribution < 1.29 is 17.9 Å². The van der Waals surface area contributed by atoms with Gasteiger partial charge in [-0.25, -0.2) is 0 Å². The maximum Gasteiger partial charge on any atom is 0.310 e. The van der Waals surface area contributed by atoms with Crippen LogP contribution in [0.3, 0.4) is 0 Å². The highest BCUT2D eigenvalue weighted by Gasteiger charge is 2.33. The fourth-order valence-electron chi connectivity index (χ4n) is 2.33. The molecule has 1 fully saturated rings. The van der Waals surface area contributed by atoms with E-state index in [4.69, 9.17) is 4.74 Å². The number of benzene rings is 1. The van der Waals surface area contributed by atoms with Crippen molar-refractivity contribution in [2.75, 3.05) is 24.4 Å². The maximum atomic E-state index is 12.3. The molecule has 1 aliphatic heterocycles. The van der Waals surface area contributed by atoms with E-state index in [1.54, 1.807) is 31.2 Å². The number of hydrogen-bond acceptors (Lipinski definition) is 4. The monoisotopic (exact) mass is 312 g/mol. The average molecular weight is 312 g/mol. The van der Waals surface area contributed by atoms with Crippen LogP contribution in [0, 0.1) is 5.92 Å². The minimum atomic E-state index is -3.64. The SMILES string of the molecule is CCOC(=O)C1CCCN(S(=O)(=O)Nc2ccccc2)C1. The Labute approximate surface area is 125 Å². The van der Waals surface area contributed by atoms with E-state index in [-0.39, 0.29) is 18.4 Å². The quantitative estimate of drug-likeness (QED) is 0.838. The standard InChI is InChI=1S/C14H20N2O4S/c1-2-20-14(17)12-7-6-10-16(11-12)21(18,19)15-13-8-4-3-5-9-13/h3-5,8-9,12,15H,2,6-7,10-11H2,1H3. The van der Waals surface area contributed by atoms with Gasteiger partial charge in [-0.1, -0.05) is 18.2 Å². The van der Waals surface area contributed by atoms with Crippen LogP contribution in [0.1, 0.15) is 19.8 Å². The van der Waals surface area contributed by atoms with Crippen LogP contribution in [0.5, 0.6) is 0 Å². The van der Waals surface area contributed by atoms with E-state index in [2.05, 4.69) is 4.72 Å². The van der Waals surface area contributed by atoms with Crippen LogP contribution < -0.4 is 4.72 Å². The Morgan fingerprint density at radius 2 is 2.10 bits per heavy atom. The van der Waals surface area contributed by atoms with Crippen molar-refractivity contribution in [2.24, 2.45) is 5.92 Å². The molecule has 0 spiro atoms. The molecule has 0 saturated carbocycles. The lowest BCUT2D eigenvalue weighted by atomic mass is 10.0. The van der Waals surface area contributed by atoms with Crippen molar-refractivity contribution in [2.45, 2.75) is 19.8 Å². The van der Waals surface area contributed by atoms with Gasteiger partial charge in [0.1, 0.15) is 0 Å². The molecule has 6 nitrogen and oxygen atoms in total. The summed E-state index contributed by atoms with van der Waals surface area (Å²) in [5, 5.41) is 0. The molecule has 0 aliphatic carbocycles. The van der Waals surface area contributed by atoms with E-state index in [0.717, 1.165) is 0 Å². The van der Waals surface area contributed by atoms with Gasteiger partial charge in [0.05, 0.1) is 12.5 Å². The number of piperidine rings is 1. The van der Waals surface area contributed by atoms with Crippen LogP contribution in [0.25, 0.3) is 0 Å². The fraction of sp³-hybridized carbons (Fsp3) is 0.500. The minimum absolute atomic E-state index is 0.168. The van der Waals surface area contributed by atoms with Crippen LogP contribution in [-0.2, 0) is 19.7 Å². The first-order chi connectivity index (χ1) is 10.0. The third-order valence-electron chi connectivity index (χ3n) is 3.36. The Morgan fingerprint density at radius 3 is 2.76 bits per heavy atom. The summed E-state index contributed by atoms with van der Waals surface area (Å²) in [7, 11) is -3.64. The molecule has 21 heavy (non-hydrogen) atoms. The zero-order valence-corrected chi connectivity index (χ0v) is 12.8. The highest BCUT2D eigenvalue weighted by atomic mass is 32.2. The Hall–Kier alpha value is -1.60. The molecule has 0 radical (unpaired) electrons. The molecule has 1 heterocycles. The van der Waals surface area contributed by atoms with Crippen LogP contribution in [0.15, 0.2) is 30.3 Å². The third kappa shape index (κ3) is 4.18. The smallest absolute Gasteiger partial charge is 0.310 e. The molecule has 0 bridgehead atoms. The first-order valence-electron chi connectivity index (χ1n) is 7.02. The maximum absolute atomic E-state index is 12.3. The van der Waals surface area contributed by atoms with E-state index >= 15 is 0 Å². The number of hydrogen-bond donors (Lipinski definition) is 1. The predicted molar refractivity (Wildman–Crippen MR) is 79.9 cm³/mol. The second kappa shape index (κ2) is 6.91. The summed E-state index contributed by atoms with van der Waals surface area (Å²) < 4.78 is 33.5. The van der Waals surface area contributed by atoms with Gasteiger partial charge in [0.25, 0.3) is 0 Å². The van der Waals surface area contributed by atoms with Crippen LogP contribution >= 0.6 is 0 Å². The van der Waals surface area contributed by atoms with Crippen LogP contribution in [-0.4, -0.2) is 38.4 Å². The molecular weight excluding hydrogens is 292 g/mol. The number of carbonyl (C=O) groups excluding carboxylic acids is 1. The van der Waals surface area contributed by atoms with E-state index in [1.807, 2.05) is 6.07 Å². The van der Waals surface area contributed by atoms with Gasteiger partial charge in [-0.2, -0.15) is 12.7 Å². The van der Waals surface area contributed by atoms with Gasteiger partial charge in [0, 0.05) is 18.8 Å². The van der Waals surface area contributed by atoms with E-state index < -0.39 is 10.2 Å². The molecule has 116 valence electrons. The minimum Gasteiger partial charge on any atom is -0.466 e. The summed E-state index contributed by atoms with van der Waals surface area (Å²) in [5.41, 5.74) is 0.510. The highest BCUT2D eigenvalue weighted by molar-refractivity contribution is 7.90. The molecule has 1 aromatic carbocycles. The predicted octanol–water partition coefficient (Wildman–Crippen LogP) is 1.62. The third-order valence-corrected chi connectivity index (χ3v) is 4.87. The summed E-state index contributed by atoms with van der Waals surface area (Å²) >= 11 is 0. The van der Waals surface area contributed by atoms with Gasteiger partial charge in [-0.05, 0) is 31.9 Å². The summed E-state index contributed by atoms with van der Waals surface area (Å²) in [6, 6.07) is 8.70. The molecular formula is C14H20N2O4S. The lowest BCUT2D eigenvalue weighted by Gasteiger charge is -2.30. The van der Waals surface area contributed by atoms with Gasteiger partial charge < -0.3 is 4.74 Å². The first-order valence-corrected chi connectivity index (χ1v) is 8.46. The fourth-order valence-corrected chi connectivity index (χ4v) is 3.64. The van der Waals surface area contributed by atoms with E-state index in [9.17, 15) is 13.2 Å². The van der Waals surface area contributed by atoms with Crippen molar-refractivity contribution in [3.05, 3.63) is 30.3 Å². The summed E-state index contributed by atoms with van der Waals surface area (Å²) in [5.74, 6) is -0.705. The molecule has 1 N–H and O–H groups in total. The van der Waals surface area contributed by atoms with Crippen molar-refractivity contribution >= 4 is 21.9 Å². The molecule has 1 unspecified atom stereocenters. The topological polar surface area (TPSA) is 75.7 Å². The lowest BCUT2D eigenvalue weighted by molar-refractivity contribution is -0.149. The van der Waals surface area contributed by atoms with Gasteiger partial charge >= 0.3 is 16.2 Å². The van der Waals surface area contributed by atoms with Gasteiger partial charge in [0.2, 0.25) is 0 Å². The van der Waals surface area contributed by atoms with Crippen molar-refractivity contribution in [3.8, 4) is 0 Å². The first kappa shape index (κ1) is 15.8. The largest absolute Gasteiger partial charge is 0.466 e. The number of esters is 1. The van der Waals surface area contributed by atoms with E-state index in [1.165, 1.54) is 4.31 Å². The molecule has 0 aromatic heterocycles. The summed E-state index contributed by atoms with van der Waals surface area (Å²) in [6.45, 7) is 2.63. The second-order valence-corrected chi connectivity index (χ2v) is 6.59. The van der Waals surface area contributed by atoms with Crippen LogP contribution in [0.2, 0.25) is 0 Å². The molecule has 7 heteroatoms. The average Bonchev–Trinajstić information content (AvgIpc) is 2.48. The van der Waals surface area contributed by atoms with Crippen molar-refractivity contribution in [1.29, 1.82) is 0 Å². The van der Waals surface area contributed by atoms with Crippen LogP contribution in [0.4, 0.5) is 5.69 Å². The number of carbonyl (C=O) groups is 1. The number of nitrogens with one attached hydrogen (secondary N) is 1. The summed E-state index contributed by atoms with van der Waals surface area (Å²) in [4.78, 5) is 11.8. The lowest BCUT2D eigenvalue weighted by Crippen LogP contribution is -2.45. The molecule has 1 atom stereocenters. The zero-order chi connectivity index (χ0) is 15.3. The summed E-state index contributed by atoms with van der Waals surface area (Å²) in [6.07, 6.45) is 1.31. The number of rotatable bonds is 5. The molecule has 1 aliphatic rings. The van der Waals surface area contributed by atoms with Gasteiger partial charge in [-0.3, -0.25) is 9.52 Å². The van der Waals surface area contributed by atoms with Gasteiger partial charge in [0.15, 0.2) is 0 Å². The number of ether oxygens (including phenoxy) is 1. The number of anilines is 1. The Kier molecular flexibility index (Phi) is 5.19. The Morgan fingerprint density at radius 1 is 1.38 bits per heavy atom. The molecule has 1 saturated heterocycles. The normalized spacial score (nSPS) is 20.0. The number of nitrogens with zero attached hydrogens (tertiary/aromatic N) is 1. The van der Waals surface area contributed by atoms with Crippen molar-refractivity contribution in [1.82, 2.24) is 4.31 Å². The number of para-hydroxylation sites is 1. The highest BCUT2D eigenvalue weighted by Crippen LogP contribution is 2.21. The second-order valence-electron chi connectivity index (χ2n) is 4.92. The molecule has 1 aromatic rings.